The van der Waals surface area contributed by atoms with Crippen LogP contribution in [0.2, 0.25) is 0 Å². The molecule has 3 rings (SSSR count). The van der Waals surface area contributed by atoms with Gasteiger partial charge in [-0.2, -0.15) is 0 Å². The smallest absolute Gasteiger partial charge is 0.0366 e. The van der Waals surface area contributed by atoms with Gasteiger partial charge in [0.05, 0.1) is 0 Å². The van der Waals surface area contributed by atoms with E-state index < -0.39 is 0 Å². The maximum absolute atomic E-state index is 2.56. The largest absolute Gasteiger partial charge is 0.372 e. The molecule has 0 amide bonds. The van der Waals surface area contributed by atoms with E-state index in [9.17, 15) is 0 Å². The van der Waals surface area contributed by atoms with Crippen molar-refractivity contribution in [1.82, 2.24) is 4.90 Å². The number of rotatable bonds is 3. The Morgan fingerprint density at radius 2 is 1.74 bits per heavy atom. The topological polar surface area (TPSA) is 6.48 Å². The van der Waals surface area contributed by atoms with Crippen LogP contribution in [0.5, 0.6) is 0 Å². The Bertz CT molecular complexity index is 392. The lowest BCUT2D eigenvalue weighted by atomic mass is 9.98. The SMILES string of the molecule is CCN1CCC(c2ccc(N3CCCCC3)cc2)C1. The van der Waals surface area contributed by atoms with Crippen LogP contribution in [0, 0.1) is 0 Å². The van der Waals surface area contributed by atoms with E-state index in [1.807, 2.05) is 0 Å². The van der Waals surface area contributed by atoms with Crippen LogP contribution in [-0.4, -0.2) is 37.6 Å². The molecule has 0 aromatic heterocycles. The molecule has 2 heteroatoms. The minimum Gasteiger partial charge on any atom is -0.372 e. The van der Waals surface area contributed by atoms with Crippen molar-refractivity contribution in [1.29, 1.82) is 0 Å². The Labute approximate surface area is 117 Å². The minimum atomic E-state index is 0.760. The molecule has 2 fully saturated rings. The Morgan fingerprint density at radius 1 is 1.00 bits per heavy atom. The molecular weight excluding hydrogens is 232 g/mol. The van der Waals surface area contributed by atoms with Gasteiger partial charge in [-0.15, -0.1) is 0 Å². The van der Waals surface area contributed by atoms with Gasteiger partial charge in [0.25, 0.3) is 0 Å². The van der Waals surface area contributed by atoms with Gasteiger partial charge in [0.15, 0.2) is 0 Å². The van der Waals surface area contributed by atoms with Crippen molar-refractivity contribution >= 4 is 5.69 Å². The molecule has 0 aliphatic carbocycles. The Balaban J connectivity index is 1.65. The van der Waals surface area contributed by atoms with E-state index in [0.717, 1.165) is 5.92 Å². The van der Waals surface area contributed by atoms with E-state index in [2.05, 4.69) is 41.0 Å². The van der Waals surface area contributed by atoms with E-state index >= 15 is 0 Å². The van der Waals surface area contributed by atoms with Gasteiger partial charge in [-0.25, -0.2) is 0 Å². The summed E-state index contributed by atoms with van der Waals surface area (Å²) < 4.78 is 0. The zero-order valence-electron chi connectivity index (χ0n) is 12.1. The maximum atomic E-state index is 2.56. The number of nitrogens with zero attached hydrogens (tertiary/aromatic N) is 2. The quantitative estimate of drug-likeness (QED) is 0.819. The first-order valence-corrected chi connectivity index (χ1v) is 7.94. The summed E-state index contributed by atoms with van der Waals surface area (Å²) in [6.45, 7) is 8.47. The van der Waals surface area contributed by atoms with E-state index in [4.69, 9.17) is 0 Å². The number of benzene rings is 1. The van der Waals surface area contributed by atoms with Gasteiger partial charge in [-0.1, -0.05) is 19.1 Å². The average Bonchev–Trinajstić information content (AvgIpc) is 2.97. The van der Waals surface area contributed by atoms with Crippen LogP contribution in [0.15, 0.2) is 24.3 Å². The molecule has 0 radical (unpaired) electrons. The fourth-order valence-corrected chi connectivity index (χ4v) is 3.50. The second-order valence-electron chi connectivity index (χ2n) is 6.02. The fourth-order valence-electron chi connectivity index (χ4n) is 3.50. The standard InChI is InChI=1S/C17H26N2/c1-2-18-13-10-16(14-18)15-6-8-17(9-7-15)19-11-4-3-5-12-19/h6-9,16H,2-5,10-14H2,1H3. The van der Waals surface area contributed by atoms with Crippen molar-refractivity contribution in [2.24, 2.45) is 0 Å². The molecule has 0 bridgehead atoms. The van der Waals surface area contributed by atoms with Crippen LogP contribution in [0.25, 0.3) is 0 Å². The molecule has 1 aromatic rings. The van der Waals surface area contributed by atoms with Crippen LogP contribution in [0.4, 0.5) is 5.69 Å². The molecular formula is C17H26N2. The van der Waals surface area contributed by atoms with E-state index in [1.54, 1.807) is 0 Å². The zero-order valence-corrected chi connectivity index (χ0v) is 12.1. The number of piperidine rings is 1. The summed E-state index contributed by atoms with van der Waals surface area (Å²) in [5.74, 6) is 0.760. The van der Waals surface area contributed by atoms with Crippen LogP contribution in [0.3, 0.4) is 0 Å². The predicted molar refractivity (Wildman–Crippen MR) is 82.0 cm³/mol. The monoisotopic (exact) mass is 258 g/mol. The van der Waals surface area contributed by atoms with Gasteiger partial charge in [0.1, 0.15) is 0 Å². The van der Waals surface area contributed by atoms with Crippen molar-refractivity contribution in [2.45, 2.75) is 38.5 Å². The van der Waals surface area contributed by atoms with Gasteiger partial charge in [0.2, 0.25) is 0 Å². The summed E-state index contributed by atoms with van der Waals surface area (Å²) in [5, 5.41) is 0. The number of likely N-dealkylation sites (tertiary alicyclic amines) is 1. The van der Waals surface area contributed by atoms with Crippen LogP contribution in [0.1, 0.15) is 44.1 Å². The van der Waals surface area contributed by atoms with E-state index in [1.165, 1.54) is 69.7 Å². The third kappa shape index (κ3) is 2.94. The first-order valence-electron chi connectivity index (χ1n) is 7.94. The highest BCUT2D eigenvalue weighted by Gasteiger charge is 2.22. The Morgan fingerprint density at radius 3 is 2.37 bits per heavy atom. The van der Waals surface area contributed by atoms with E-state index in [-0.39, 0.29) is 0 Å². The molecule has 2 nitrogen and oxygen atoms in total. The summed E-state index contributed by atoms with van der Waals surface area (Å²) in [5.41, 5.74) is 2.96. The summed E-state index contributed by atoms with van der Waals surface area (Å²) >= 11 is 0. The van der Waals surface area contributed by atoms with Gasteiger partial charge >= 0.3 is 0 Å². The number of hydrogen-bond donors (Lipinski definition) is 0. The maximum Gasteiger partial charge on any atom is 0.0366 e. The van der Waals surface area contributed by atoms with Gasteiger partial charge < -0.3 is 9.80 Å². The summed E-state index contributed by atoms with van der Waals surface area (Å²) in [6, 6.07) is 9.42. The first kappa shape index (κ1) is 13.0. The third-order valence-electron chi connectivity index (χ3n) is 4.81. The molecule has 2 saturated heterocycles. The van der Waals surface area contributed by atoms with Gasteiger partial charge in [-0.05, 0) is 62.4 Å². The number of likely N-dealkylation sites (N-methyl/N-ethyl adjacent to an activating group) is 1. The summed E-state index contributed by atoms with van der Waals surface area (Å²) in [7, 11) is 0. The Kier molecular flexibility index (Phi) is 4.07. The second kappa shape index (κ2) is 5.96. The van der Waals surface area contributed by atoms with Crippen LogP contribution in [-0.2, 0) is 0 Å². The molecule has 1 aromatic carbocycles. The zero-order chi connectivity index (χ0) is 13.1. The molecule has 2 aliphatic rings. The summed E-state index contributed by atoms with van der Waals surface area (Å²) in [4.78, 5) is 5.10. The van der Waals surface area contributed by atoms with Crippen molar-refractivity contribution in [3.63, 3.8) is 0 Å². The van der Waals surface area contributed by atoms with Crippen molar-refractivity contribution in [2.75, 3.05) is 37.6 Å². The second-order valence-corrected chi connectivity index (χ2v) is 6.02. The van der Waals surface area contributed by atoms with Gasteiger partial charge in [0, 0.05) is 25.3 Å². The van der Waals surface area contributed by atoms with Crippen LogP contribution < -0.4 is 4.90 Å². The minimum absolute atomic E-state index is 0.760. The number of anilines is 1. The normalized spacial score (nSPS) is 24.9. The van der Waals surface area contributed by atoms with Crippen molar-refractivity contribution in [3.8, 4) is 0 Å². The highest BCUT2D eigenvalue weighted by Crippen LogP contribution is 2.29. The summed E-state index contributed by atoms with van der Waals surface area (Å²) in [6.07, 6.45) is 5.45. The lowest BCUT2D eigenvalue weighted by Gasteiger charge is -2.29. The molecule has 19 heavy (non-hydrogen) atoms. The highest BCUT2D eigenvalue weighted by atomic mass is 15.1. The van der Waals surface area contributed by atoms with Gasteiger partial charge in [-0.3, -0.25) is 0 Å². The highest BCUT2D eigenvalue weighted by molar-refractivity contribution is 5.48. The average molecular weight is 258 g/mol. The molecule has 0 saturated carbocycles. The van der Waals surface area contributed by atoms with E-state index in [0.29, 0.717) is 0 Å². The molecule has 0 N–H and O–H groups in total. The van der Waals surface area contributed by atoms with Crippen molar-refractivity contribution in [3.05, 3.63) is 29.8 Å². The Hall–Kier alpha value is -1.02. The number of hydrogen-bond acceptors (Lipinski definition) is 2. The molecule has 1 unspecified atom stereocenters. The molecule has 0 spiro atoms. The molecule has 2 heterocycles. The lowest BCUT2D eigenvalue weighted by molar-refractivity contribution is 0.354. The predicted octanol–water partition coefficient (Wildman–Crippen LogP) is 3.49. The molecule has 104 valence electrons. The van der Waals surface area contributed by atoms with Crippen molar-refractivity contribution < 1.29 is 0 Å². The van der Waals surface area contributed by atoms with Crippen LogP contribution >= 0.6 is 0 Å². The first-order chi connectivity index (χ1) is 9.36. The molecule has 1 atom stereocenters. The third-order valence-corrected chi connectivity index (χ3v) is 4.81. The lowest BCUT2D eigenvalue weighted by Crippen LogP contribution is -2.29. The fraction of sp³-hybridized carbons (Fsp3) is 0.647. The molecule has 2 aliphatic heterocycles.